The second-order valence-electron chi connectivity index (χ2n) is 5.73. The Labute approximate surface area is 149 Å². The maximum atomic E-state index is 11.4. The first kappa shape index (κ1) is 18.2. The summed E-state index contributed by atoms with van der Waals surface area (Å²) in [6.45, 7) is 0.374. The van der Waals surface area contributed by atoms with Crippen LogP contribution in [-0.4, -0.2) is 96.5 Å². The minimum absolute atomic E-state index is 0.458. The fourth-order valence-electron chi connectivity index (χ4n) is 2.95. The lowest BCUT2D eigenvalue weighted by atomic mass is 10.0. The second kappa shape index (κ2) is 5.96. The molecule has 5 N–H and O–H groups in total. The molecule has 3 heterocycles. The third-order valence-electron chi connectivity index (χ3n) is 4.10. The Morgan fingerprint density at radius 1 is 1.52 bits per heavy atom. The lowest BCUT2D eigenvalue weighted by Gasteiger charge is -2.43. The predicted octanol–water partition coefficient (Wildman–Crippen LogP) is -2.69. The van der Waals surface area contributed by atoms with Crippen LogP contribution in [0.15, 0.2) is 9.98 Å². The van der Waals surface area contributed by atoms with E-state index in [1.165, 1.54) is 10.3 Å². The zero-order valence-corrected chi connectivity index (χ0v) is 14.4. The third kappa shape index (κ3) is 2.54. The van der Waals surface area contributed by atoms with Gasteiger partial charge in [-0.15, -0.1) is 0 Å². The van der Waals surface area contributed by atoms with Gasteiger partial charge in [-0.1, -0.05) is 0 Å². The molecule has 0 radical (unpaired) electrons. The molecule has 0 spiro atoms. The average molecular weight is 422 g/mol. The molecule has 138 valence electrons. The third-order valence-corrected chi connectivity index (χ3v) is 4.67. The number of hydrogen-bond donors (Lipinski definition) is 5. The number of amidine groups is 1. The number of fused-ring (bicyclic) bond motifs is 1. The largest absolute Gasteiger partial charge is 0.425 e. The lowest BCUT2D eigenvalue weighted by molar-refractivity contribution is -0.271. The van der Waals surface area contributed by atoms with E-state index in [9.17, 15) is 25.2 Å². The summed E-state index contributed by atoms with van der Waals surface area (Å²) in [4.78, 5) is 20.1. The van der Waals surface area contributed by atoms with Gasteiger partial charge in [-0.3, -0.25) is 14.1 Å². The van der Waals surface area contributed by atoms with Gasteiger partial charge in [-0.05, 0) is 0 Å². The summed E-state index contributed by atoms with van der Waals surface area (Å²) in [6.07, 6.45) is -3.39. The molecule has 0 aliphatic carbocycles. The Bertz CT molecular complexity index is 662. The van der Waals surface area contributed by atoms with Gasteiger partial charge >= 0.3 is 5.97 Å². The molecule has 3 aliphatic rings. The minimum Gasteiger partial charge on any atom is -0.425 e. The minimum atomic E-state index is -2.54. The SMILES string of the molecule is CC(=O)O[C@@]1(O)[C@H](O)[C@@H](CO)O[C@H]1N1C=NC2(O)C(=N)N=CN(Br)C12. The summed E-state index contributed by atoms with van der Waals surface area (Å²) >= 11 is 3.13. The number of halogens is 1. The fourth-order valence-corrected chi connectivity index (χ4v) is 3.54. The summed E-state index contributed by atoms with van der Waals surface area (Å²) in [5.74, 6) is -3.89. The monoisotopic (exact) mass is 421 g/mol. The number of nitrogens with one attached hydrogen (secondary N) is 1. The number of esters is 1. The summed E-state index contributed by atoms with van der Waals surface area (Å²) in [7, 11) is 0. The van der Waals surface area contributed by atoms with Crippen molar-refractivity contribution in [1.29, 1.82) is 5.41 Å². The Balaban J connectivity index is 1.99. The highest BCUT2D eigenvalue weighted by molar-refractivity contribution is 9.07. The van der Waals surface area contributed by atoms with Gasteiger partial charge in [0.2, 0.25) is 6.23 Å². The van der Waals surface area contributed by atoms with Crippen molar-refractivity contribution in [1.82, 2.24) is 8.83 Å². The van der Waals surface area contributed by atoms with Crippen LogP contribution in [0, 0.1) is 5.41 Å². The van der Waals surface area contributed by atoms with Crippen LogP contribution in [0.3, 0.4) is 0 Å². The van der Waals surface area contributed by atoms with E-state index in [2.05, 4.69) is 26.1 Å². The molecule has 1 saturated heterocycles. The van der Waals surface area contributed by atoms with Crippen molar-refractivity contribution in [2.75, 3.05) is 6.61 Å². The molecule has 25 heavy (non-hydrogen) atoms. The molecule has 0 aromatic rings. The van der Waals surface area contributed by atoms with Gasteiger partial charge < -0.3 is 34.8 Å². The van der Waals surface area contributed by atoms with Crippen LogP contribution in [0.2, 0.25) is 0 Å². The van der Waals surface area contributed by atoms with Gasteiger partial charge in [0.1, 0.15) is 12.4 Å². The molecule has 2 unspecified atom stereocenters. The van der Waals surface area contributed by atoms with Gasteiger partial charge in [-0.25, -0.2) is 9.98 Å². The number of carbonyl (C=O) groups excluding carboxylic acids is 1. The second-order valence-corrected chi connectivity index (χ2v) is 6.55. The normalized spacial score (nSPS) is 42.9. The highest BCUT2D eigenvalue weighted by Crippen LogP contribution is 2.40. The summed E-state index contributed by atoms with van der Waals surface area (Å²) in [5.41, 5.74) is -2.08. The van der Waals surface area contributed by atoms with E-state index in [1.54, 1.807) is 0 Å². The molecule has 12 nitrogen and oxygen atoms in total. The number of hydrogen-bond acceptors (Lipinski definition) is 11. The molecule has 0 saturated carbocycles. The zero-order chi connectivity index (χ0) is 18.6. The van der Waals surface area contributed by atoms with Crippen LogP contribution in [-0.2, 0) is 14.3 Å². The van der Waals surface area contributed by atoms with Crippen molar-refractivity contribution in [3.05, 3.63) is 0 Å². The first-order valence-corrected chi connectivity index (χ1v) is 7.85. The van der Waals surface area contributed by atoms with Gasteiger partial charge in [0.15, 0.2) is 18.1 Å². The van der Waals surface area contributed by atoms with Crippen LogP contribution < -0.4 is 0 Å². The van der Waals surface area contributed by atoms with E-state index in [0.29, 0.717) is 0 Å². The van der Waals surface area contributed by atoms with Gasteiger partial charge in [0, 0.05) is 6.92 Å². The summed E-state index contributed by atoms with van der Waals surface area (Å²) in [5, 5.41) is 48.7. The number of aliphatic hydroxyl groups is 4. The molecule has 0 bridgehead atoms. The first-order valence-electron chi connectivity index (χ1n) is 7.14. The smallest absolute Gasteiger partial charge is 0.305 e. The molecule has 13 heteroatoms. The van der Waals surface area contributed by atoms with E-state index < -0.39 is 54.5 Å². The Hall–Kier alpha value is -1.64. The van der Waals surface area contributed by atoms with Crippen LogP contribution in [0.25, 0.3) is 0 Å². The van der Waals surface area contributed by atoms with Gasteiger partial charge in [-0.2, -0.15) is 0 Å². The van der Waals surface area contributed by atoms with Crippen molar-refractivity contribution in [3.8, 4) is 0 Å². The zero-order valence-electron chi connectivity index (χ0n) is 12.9. The lowest BCUT2D eigenvalue weighted by Crippen LogP contribution is -2.65. The van der Waals surface area contributed by atoms with Crippen molar-refractivity contribution >= 4 is 40.6 Å². The van der Waals surface area contributed by atoms with Crippen LogP contribution >= 0.6 is 16.1 Å². The molecular weight excluding hydrogens is 406 g/mol. The first-order chi connectivity index (χ1) is 11.6. The number of aliphatic imine (C=N–C) groups is 2. The Morgan fingerprint density at radius 2 is 2.20 bits per heavy atom. The number of aliphatic hydroxyl groups excluding tert-OH is 2. The van der Waals surface area contributed by atoms with E-state index in [1.807, 2.05) is 0 Å². The maximum absolute atomic E-state index is 11.4. The maximum Gasteiger partial charge on any atom is 0.305 e. The standard InChI is InChI=1S/C12H16BrN5O7/c1-5(20)25-12(23)7(21)6(2-19)24-10(12)17-4-16-11(22)8(14)15-3-18(13)9(11)17/h3-4,6-7,9-10,14,19,21-23H,2H2,1H3/t6-,7-,9?,10-,11?,12+/m1/s1. The Kier molecular flexibility index (Phi) is 4.33. The van der Waals surface area contributed by atoms with Gasteiger partial charge in [0.25, 0.3) is 11.5 Å². The molecular formula is C12H16BrN5O7. The van der Waals surface area contributed by atoms with Crippen LogP contribution in [0.5, 0.6) is 0 Å². The van der Waals surface area contributed by atoms with E-state index in [0.717, 1.165) is 18.2 Å². The number of rotatable bonds is 3. The molecule has 3 aliphatic heterocycles. The Morgan fingerprint density at radius 3 is 2.80 bits per heavy atom. The van der Waals surface area contributed by atoms with Gasteiger partial charge in [0.05, 0.1) is 29.1 Å². The topological polar surface area (TPSA) is 172 Å². The molecule has 0 aromatic carbocycles. The molecule has 0 aromatic heterocycles. The van der Waals surface area contributed by atoms with Crippen molar-refractivity contribution in [3.63, 3.8) is 0 Å². The number of ether oxygens (including phenoxy) is 2. The average Bonchev–Trinajstić information content (AvgIpc) is 3.01. The highest BCUT2D eigenvalue weighted by Gasteiger charge is 2.65. The van der Waals surface area contributed by atoms with Crippen LogP contribution in [0.1, 0.15) is 6.92 Å². The van der Waals surface area contributed by atoms with E-state index in [4.69, 9.17) is 14.9 Å². The van der Waals surface area contributed by atoms with E-state index >= 15 is 0 Å². The molecule has 0 amide bonds. The molecule has 6 atom stereocenters. The number of nitrogens with zero attached hydrogens (tertiary/aromatic N) is 4. The predicted molar refractivity (Wildman–Crippen MR) is 84.5 cm³/mol. The van der Waals surface area contributed by atoms with Crippen molar-refractivity contribution in [2.24, 2.45) is 9.98 Å². The van der Waals surface area contributed by atoms with Crippen molar-refractivity contribution in [2.45, 2.75) is 43.0 Å². The molecule has 3 rings (SSSR count). The van der Waals surface area contributed by atoms with E-state index in [-0.39, 0.29) is 0 Å². The fraction of sp³-hybridized carbons (Fsp3) is 0.667. The summed E-state index contributed by atoms with van der Waals surface area (Å²) in [6, 6.07) is 0. The number of carbonyl (C=O) groups is 1. The quantitative estimate of drug-likeness (QED) is 0.184. The van der Waals surface area contributed by atoms with Crippen LogP contribution in [0.4, 0.5) is 0 Å². The summed E-state index contributed by atoms with van der Waals surface area (Å²) < 4.78 is 11.5. The highest BCUT2D eigenvalue weighted by atomic mass is 79.9. The molecule has 1 fully saturated rings. The van der Waals surface area contributed by atoms with Crippen molar-refractivity contribution < 1.29 is 34.7 Å².